The van der Waals surface area contributed by atoms with Crippen LogP contribution >= 0.6 is 24.0 Å². The van der Waals surface area contributed by atoms with Gasteiger partial charge in [-0.1, -0.05) is 12.1 Å². The molecule has 0 spiro atoms. The Bertz CT molecular complexity index is 852. The maximum absolute atomic E-state index is 13.3. The minimum atomic E-state index is -0.323. The summed E-state index contributed by atoms with van der Waals surface area (Å²) in [7, 11) is 6.48. The van der Waals surface area contributed by atoms with E-state index in [0.717, 1.165) is 5.56 Å². The smallest absolute Gasteiger partial charge is 0.203 e. The monoisotopic (exact) mass is 547 g/mol. The first-order chi connectivity index (χ1) is 14.5. The number of methoxy groups -OCH3 is 3. The molecule has 2 N–H and O–H groups in total. The van der Waals surface area contributed by atoms with E-state index in [0.29, 0.717) is 48.5 Å². The fourth-order valence-corrected chi connectivity index (χ4v) is 2.95. The number of hydrogen-bond acceptors (Lipinski definition) is 5. The number of halogens is 2. The zero-order valence-corrected chi connectivity index (χ0v) is 20.9. The molecule has 2 rings (SSSR count). The summed E-state index contributed by atoms with van der Waals surface area (Å²) < 4.78 is 35.2. The highest BCUT2D eigenvalue weighted by Crippen LogP contribution is 2.39. The Morgan fingerprint density at radius 3 is 2.39 bits per heavy atom. The summed E-state index contributed by atoms with van der Waals surface area (Å²) in [4.78, 5) is 4.22. The molecular formula is C22H31FIN3O4. The molecule has 0 saturated heterocycles. The molecule has 2 aromatic carbocycles. The third kappa shape index (κ3) is 7.97. The summed E-state index contributed by atoms with van der Waals surface area (Å²) in [5.74, 6) is 2.66. The quantitative estimate of drug-likeness (QED) is 0.269. The summed E-state index contributed by atoms with van der Waals surface area (Å²) in [6.07, 6.45) is 0.524. The molecule has 0 aromatic heterocycles. The van der Waals surface area contributed by atoms with Gasteiger partial charge in [-0.3, -0.25) is 4.99 Å². The number of benzene rings is 2. The lowest BCUT2D eigenvalue weighted by atomic mass is 10.1. The lowest BCUT2D eigenvalue weighted by Gasteiger charge is -2.18. The van der Waals surface area contributed by atoms with E-state index in [4.69, 9.17) is 18.9 Å². The third-order valence-corrected chi connectivity index (χ3v) is 4.39. The van der Waals surface area contributed by atoms with Gasteiger partial charge in [0.25, 0.3) is 0 Å². The van der Waals surface area contributed by atoms with Crippen LogP contribution in [0.1, 0.15) is 12.5 Å². The van der Waals surface area contributed by atoms with Crippen molar-refractivity contribution in [3.05, 3.63) is 47.8 Å². The van der Waals surface area contributed by atoms with E-state index in [9.17, 15) is 4.39 Å². The van der Waals surface area contributed by atoms with Crippen molar-refractivity contribution in [3.63, 3.8) is 0 Å². The van der Waals surface area contributed by atoms with Crippen molar-refractivity contribution in [2.45, 2.75) is 19.4 Å². The summed E-state index contributed by atoms with van der Waals surface area (Å²) in [6.45, 7) is 3.04. The van der Waals surface area contributed by atoms with Gasteiger partial charge in [0.2, 0.25) is 5.75 Å². The van der Waals surface area contributed by atoms with Crippen molar-refractivity contribution in [1.82, 2.24) is 10.6 Å². The maximum Gasteiger partial charge on any atom is 0.203 e. The first-order valence-electron chi connectivity index (χ1n) is 9.67. The lowest BCUT2D eigenvalue weighted by molar-refractivity contribution is 0.223. The number of hydrogen-bond donors (Lipinski definition) is 2. The number of aliphatic imine (C=N–C) groups is 1. The first kappa shape index (κ1) is 26.6. The number of nitrogens with one attached hydrogen (secondary N) is 2. The summed E-state index contributed by atoms with van der Waals surface area (Å²) >= 11 is 0. The summed E-state index contributed by atoms with van der Waals surface area (Å²) in [5, 5.41) is 6.46. The van der Waals surface area contributed by atoms with Crippen molar-refractivity contribution in [3.8, 4) is 23.0 Å². The van der Waals surface area contributed by atoms with Crippen LogP contribution in [0.2, 0.25) is 0 Å². The molecule has 0 radical (unpaired) electrons. The van der Waals surface area contributed by atoms with Gasteiger partial charge in [0, 0.05) is 25.2 Å². The summed E-state index contributed by atoms with van der Waals surface area (Å²) in [5.41, 5.74) is 0.987. The molecule has 2 aromatic rings. The van der Waals surface area contributed by atoms with Gasteiger partial charge in [0.05, 0.1) is 27.9 Å². The molecule has 0 heterocycles. The van der Waals surface area contributed by atoms with E-state index < -0.39 is 0 Å². The highest BCUT2D eigenvalue weighted by molar-refractivity contribution is 14.0. The van der Waals surface area contributed by atoms with E-state index in [1.54, 1.807) is 40.5 Å². The SMILES string of the molecule is CN=C(NCCc1ccc(OC)c(OC)c1OC)NCC(C)Oc1cccc(F)c1.I. The van der Waals surface area contributed by atoms with Crippen LogP contribution in [0.4, 0.5) is 4.39 Å². The number of nitrogens with zero attached hydrogens (tertiary/aromatic N) is 1. The van der Waals surface area contributed by atoms with Gasteiger partial charge in [0.15, 0.2) is 17.5 Å². The maximum atomic E-state index is 13.3. The molecule has 31 heavy (non-hydrogen) atoms. The van der Waals surface area contributed by atoms with Crippen LogP contribution < -0.4 is 29.6 Å². The van der Waals surface area contributed by atoms with Gasteiger partial charge in [0.1, 0.15) is 17.7 Å². The van der Waals surface area contributed by atoms with Crippen molar-refractivity contribution in [2.75, 3.05) is 41.5 Å². The fraction of sp³-hybridized carbons (Fsp3) is 0.409. The van der Waals surface area contributed by atoms with Gasteiger partial charge >= 0.3 is 0 Å². The Kier molecular flexibility index (Phi) is 11.8. The molecule has 9 heteroatoms. The lowest BCUT2D eigenvalue weighted by Crippen LogP contribution is -2.42. The predicted octanol–water partition coefficient (Wildman–Crippen LogP) is 3.64. The van der Waals surface area contributed by atoms with Gasteiger partial charge in [-0.25, -0.2) is 4.39 Å². The van der Waals surface area contributed by atoms with Gasteiger partial charge < -0.3 is 29.6 Å². The van der Waals surface area contributed by atoms with Gasteiger partial charge in [-0.05, 0) is 31.5 Å². The Morgan fingerprint density at radius 2 is 1.77 bits per heavy atom. The zero-order chi connectivity index (χ0) is 21.9. The molecule has 0 bridgehead atoms. The Balaban J connectivity index is 0.00000480. The van der Waals surface area contributed by atoms with Crippen LogP contribution in [-0.2, 0) is 6.42 Å². The van der Waals surface area contributed by atoms with E-state index in [-0.39, 0.29) is 35.9 Å². The zero-order valence-electron chi connectivity index (χ0n) is 18.5. The minimum Gasteiger partial charge on any atom is -0.493 e. The first-order valence-corrected chi connectivity index (χ1v) is 9.67. The van der Waals surface area contributed by atoms with Crippen LogP contribution in [0, 0.1) is 5.82 Å². The topological polar surface area (TPSA) is 73.3 Å². The van der Waals surface area contributed by atoms with E-state index >= 15 is 0 Å². The van der Waals surface area contributed by atoms with E-state index in [2.05, 4.69) is 15.6 Å². The number of ether oxygens (including phenoxy) is 4. The largest absolute Gasteiger partial charge is 0.493 e. The van der Waals surface area contributed by atoms with Crippen LogP contribution in [0.5, 0.6) is 23.0 Å². The normalized spacial score (nSPS) is 11.7. The number of guanidine groups is 1. The minimum absolute atomic E-state index is 0. The molecule has 172 valence electrons. The molecule has 1 atom stereocenters. The van der Waals surface area contributed by atoms with Crippen molar-refractivity contribution in [1.29, 1.82) is 0 Å². The molecular weight excluding hydrogens is 516 g/mol. The molecule has 0 saturated carbocycles. The Labute approximate surface area is 200 Å². The van der Waals surface area contributed by atoms with Crippen LogP contribution in [0.3, 0.4) is 0 Å². The molecule has 0 aliphatic heterocycles. The highest BCUT2D eigenvalue weighted by atomic mass is 127. The average molecular weight is 547 g/mol. The van der Waals surface area contributed by atoms with Gasteiger partial charge in [-0.15, -0.1) is 24.0 Å². The highest BCUT2D eigenvalue weighted by Gasteiger charge is 2.15. The Morgan fingerprint density at radius 1 is 1.03 bits per heavy atom. The van der Waals surface area contributed by atoms with Crippen LogP contribution in [-0.4, -0.2) is 53.5 Å². The molecule has 0 amide bonds. The Hall–Kier alpha value is -2.43. The van der Waals surface area contributed by atoms with Crippen molar-refractivity contribution >= 4 is 29.9 Å². The van der Waals surface area contributed by atoms with Gasteiger partial charge in [-0.2, -0.15) is 0 Å². The fourth-order valence-electron chi connectivity index (χ4n) is 2.95. The van der Waals surface area contributed by atoms with Crippen LogP contribution in [0.25, 0.3) is 0 Å². The second-order valence-corrected chi connectivity index (χ2v) is 6.51. The third-order valence-electron chi connectivity index (χ3n) is 4.39. The molecule has 0 fully saturated rings. The predicted molar refractivity (Wildman–Crippen MR) is 131 cm³/mol. The van der Waals surface area contributed by atoms with Crippen molar-refractivity contribution in [2.24, 2.45) is 4.99 Å². The van der Waals surface area contributed by atoms with Crippen molar-refractivity contribution < 1.29 is 23.3 Å². The average Bonchev–Trinajstić information content (AvgIpc) is 2.75. The number of rotatable bonds is 10. The standard InChI is InChI=1S/C22H30FN3O4.HI/c1-15(30-18-8-6-7-17(23)13-18)14-26-22(24-2)25-12-11-16-9-10-19(27-3)21(29-5)20(16)28-4;/h6-10,13,15H,11-12,14H2,1-5H3,(H2,24,25,26);1H. The van der Waals surface area contributed by atoms with E-state index in [1.807, 2.05) is 19.1 Å². The summed E-state index contributed by atoms with van der Waals surface area (Å²) in [6, 6.07) is 9.90. The second-order valence-electron chi connectivity index (χ2n) is 6.51. The molecule has 7 nitrogen and oxygen atoms in total. The molecule has 0 aliphatic rings. The van der Waals surface area contributed by atoms with Crippen LogP contribution in [0.15, 0.2) is 41.4 Å². The molecule has 1 unspecified atom stereocenters. The second kappa shape index (κ2) is 13.8. The molecule has 0 aliphatic carbocycles. The van der Waals surface area contributed by atoms with E-state index in [1.165, 1.54) is 12.1 Å².